The van der Waals surface area contributed by atoms with Crippen LogP contribution in [0, 0.1) is 11.6 Å². The van der Waals surface area contributed by atoms with Gasteiger partial charge in [-0.3, -0.25) is 9.59 Å². The average Bonchev–Trinajstić information content (AvgIpc) is 3.61. The second-order valence-electron chi connectivity index (χ2n) is 9.29. The molecule has 2 aromatic carbocycles. The first-order valence-electron chi connectivity index (χ1n) is 12.6. The summed E-state index contributed by atoms with van der Waals surface area (Å²) in [6.45, 7) is 0.212. The molecule has 0 unspecified atom stereocenters. The number of hydrogen-bond acceptors (Lipinski definition) is 4. The Morgan fingerprint density at radius 3 is 2.61 bits per heavy atom. The average molecular weight is 587 g/mol. The van der Waals surface area contributed by atoms with Gasteiger partial charge < -0.3 is 14.5 Å². The molecule has 0 atom stereocenters. The number of benzene rings is 2. The van der Waals surface area contributed by atoms with Crippen LogP contribution in [-0.2, 0) is 13.1 Å². The Hall–Kier alpha value is -4.60. The molecule has 6 nitrogen and oxygen atoms in total. The van der Waals surface area contributed by atoms with Gasteiger partial charge in [-0.15, -0.1) is 11.3 Å². The van der Waals surface area contributed by atoms with Crippen molar-refractivity contribution >= 4 is 39.9 Å². The van der Waals surface area contributed by atoms with E-state index in [1.807, 2.05) is 53.2 Å². The Kier molecular flexibility index (Phi) is 7.21. The number of nitrogens with one attached hydrogen (secondary N) is 1. The molecule has 4 aromatic heterocycles. The highest BCUT2D eigenvalue weighted by Crippen LogP contribution is 2.39. The van der Waals surface area contributed by atoms with E-state index in [1.165, 1.54) is 34.2 Å². The van der Waals surface area contributed by atoms with Crippen LogP contribution in [0.15, 0.2) is 102 Å². The van der Waals surface area contributed by atoms with Crippen molar-refractivity contribution in [1.29, 1.82) is 0 Å². The molecule has 0 radical (unpaired) electrons. The summed E-state index contributed by atoms with van der Waals surface area (Å²) >= 11 is 8.11. The third kappa shape index (κ3) is 5.29. The van der Waals surface area contributed by atoms with Crippen LogP contribution < -0.4 is 10.9 Å². The minimum Gasteiger partial charge on any atom is -0.347 e. The van der Waals surface area contributed by atoms with Crippen LogP contribution >= 0.6 is 22.9 Å². The van der Waals surface area contributed by atoms with Gasteiger partial charge in [-0.2, -0.15) is 0 Å². The van der Waals surface area contributed by atoms with Gasteiger partial charge in [0, 0.05) is 45.0 Å². The third-order valence-electron chi connectivity index (χ3n) is 6.62. The molecule has 4 heterocycles. The van der Waals surface area contributed by atoms with Gasteiger partial charge in [-0.1, -0.05) is 35.9 Å². The van der Waals surface area contributed by atoms with Crippen LogP contribution in [0.4, 0.5) is 8.78 Å². The number of hydrogen-bond donors (Lipinski definition) is 1. The molecule has 0 saturated heterocycles. The molecule has 0 spiro atoms. The Morgan fingerprint density at radius 2 is 1.80 bits per heavy atom. The van der Waals surface area contributed by atoms with Crippen molar-refractivity contribution in [3.8, 4) is 16.1 Å². The number of carbonyl (C=O) groups is 1. The van der Waals surface area contributed by atoms with Crippen molar-refractivity contribution in [1.82, 2.24) is 19.4 Å². The molecular weight excluding hydrogens is 566 g/mol. The van der Waals surface area contributed by atoms with E-state index in [0.29, 0.717) is 10.6 Å². The second kappa shape index (κ2) is 11.1. The fourth-order valence-electron chi connectivity index (χ4n) is 4.64. The van der Waals surface area contributed by atoms with E-state index in [2.05, 4.69) is 10.3 Å². The zero-order valence-electron chi connectivity index (χ0n) is 21.4. The number of para-hydroxylation sites is 1. The van der Waals surface area contributed by atoms with Crippen molar-refractivity contribution in [3.05, 3.63) is 140 Å². The third-order valence-corrected chi connectivity index (χ3v) is 8.06. The SMILES string of the molecule is O=C(NCc1ccc(-c2cn(-c3ccccc3)c3nccc(Cl)c23)s1)c1cccn(Cc2ccc(F)c(F)c2)c1=O. The molecule has 1 amide bonds. The summed E-state index contributed by atoms with van der Waals surface area (Å²) in [5, 5.41) is 4.24. The quantitative estimate of drug-likeness (QED) is 0.223. The van der Waals surface area contributed by atoms with Crippen LogP contribution in [0.25, 0.3) is 27.2 Å². The number of carbonyl (C=O) groups excluding carboxylic acids is 1. The van der Waals surface area contributed by atoms with Gasteiger partial charge in [0.15, 0.2) is 11.6 Å². The van der Waals surface area contributed by atoms with Crippen LogP contribution in [-0.4, -0.2) is 20.0 Å². The fraction of sp³-hybridized carbons (Fsp3) is 0.0645. The molecule has 6 rings (SSSR count). The summed E-state index contributed by atoms with van der Waals surface area (Å²) < 4.78 is 30.1. The maximum atomic E-state index is 13.6. The van der Waals surface area contributed by atoms with Gasteiger partial charge in [0.1, 0.15) is 11.2 Å². The molecule has 0 aliphatic rings. The highest BCUT2D eigenvalue weighted by atomic mass is 35.5. The number of amides is 1. The van der Waals surface area contributed by atoms with Crippen molar-refractivity contribution in [2.24, 2.45) is 0 Å². The van der Waals surface area contributed by atoms with E-state index >= 15 is 0 Å². The van der Waals surface area contributed by atoms with Crippen LogP contribution in [0.5, 0.6) is 0 Å². The van der Waals surface area contributed by atoms with Crippen molar-refractivity contribution < 1.29 is 13.6 Å². The number of aromatic nitrogens is 3. The summed E-state index contributed by atoms with van der Waals surface area (Å²) in [6.07, 6.45) is 5.18. The molecule has 0 fully saturated rings. The van der Waals surface area contributed by atoms with Gasteiger partial charge in [0.2, 0.25) is 0 Å². The first kappa shape index (κ1) is 26.6. The van der Waals surface area contributed by atoms with Gasteiger partial charge in [-0.05, 0) is 60.2 Å². The highest BCUT2D eigenvalue weighted by molar-refractivity contribution is 7.15. The number of halogens is 3. The smallest absolute Gasteiger partial charge is 0.263 e. The molecule has 0 aliphatic heterocycles. The predicted molar refractivity (Wildman–Crippen MR) is 157 cm³/mol. The molecule has 6 aromatic rings. The van der Waals surface area contributed by atoms with E-state index in [9.17, 15) is 18.4 Å². The van der Waals surface area contributed by atoms with E-state index in [4.69, 9.17) is 11.6 Å². The normalized spacial score (nSPS) is 11.2. The highest BCUT2D eigenvalue weighted by Gasteiger charge is 2.18. The lowest BCUT2D eigenvalue weighted by Gasteiger charge is -2.09. The Morgan fingerprint density at radius 1 is 0.976 bits per heavy atom. The first-order chi connectivity index (χ1) is 19.9. The topological polar surface area (TPSA) is 68.9 Å². The molecule has 204 valence electrons. The number of rotatable bonds is 7. The standard InChI is InChI=1S/C31H21ClF2N4O2S/c32-24-12-13-35-29-28(24)23(18-38(29)20-5-2-1-3-6-20)27-11-9-21(41-27)16-36-30(39)22-7-4-14-37(31(22)40)17-19-8-10-25(33)26(34)15-19/h1-15,18H,16-17H2,(H,36,39). The minimum absolute atomic E-state index is 0.000556. The van der Waals surface area contributed by atoms with Crippen LogP contribution in [0.3, 0.4) is 0 Å². The van der Waals surface area contributed by atoms with Gasteiger partial charge in [0.25, 0.3) is 11.5 Å². The zero-order valence-corrected chi connectivity index (χ0v) is 22.9. The summed E-state index contributed by atoms with van der Waals surface area (Å²) in [5.41, 5.74) is 2.45. The predicted octanol–water partition coefficient (Wildman–Crippen LogP) is 6.83. The van der Waals surface area contributed by atoms with Gasteiger partial charge in [0.05, 0.1) is 18.1 Å². The molecule has 0 saturated carbocycles. The zero-order chi connectivity index (χ0) is 28.5. The van der Waals surface area contributed by atoms with E-state index < -0.39 is 23.1 Å². The maximum absolute atomic E-state index is 13.6. The lowest BCUT2D eigenvalue weighted by atomic mass is 10.2. The van der Waals surface area contributed by atoms with Crippen molar-refractivity contribution in [2.45, 2.75) is 13.1 Å². The van der Waals surface area contributed by atoms with Crippen molar-refractivity contribution in [3.63, 3.8) is 0 Å². The van der Waals surface area contributed by atoms with E-state index in [1.54, 1.807) is 18.3 Å². The summed E-state index contributed by atoms with van der Waals surface area (Å²) in [6, 6.07) is 22.0. The Labute approximate surface area is 242 Å². The number of pyridine rings is 2. The molecule has 41 heavy (non-hydrogen) atoms. The van der Waals surface area contributed by atoms with Crippen LogP contribution in [0.2, 0.25) is 5.02 Å². The fourth-order valence-corrected chi connectivity index (χ4v) is 5.84. The number of thiophene rings is 1. The molecule has 1 N–H and O–H groups in total. The second-order valence-corrected chi connectivity index (χ2v) is 10.9. The lowest BCUT2D eigenvalue weighted by molar-refractivity contribution is 0.0949. The first-order valence-corrected chi connectivity index (χ1v) is 13.8. The minimum atomic E-state index is -0.997. The summed E-state index contributed by atoms with van der Waals surface area (Å²) in [4.78, 5) is 32.3. The monoisotopic (exact) mass is 586 g/mol. The van der Waals surface area contributed by atoms with Crippen molar-refractivity contribution in [2.75, 3.05) is 0 Å². The largest absolute Gasteiger partial charge is 0.347 e. The van der Waals surface area contributed by atoms with Gasteiger partial charge in [-0.25, -0.2) is 13.8 Å². The molecule has 0 aliphatic carbocycles. The Bertz CT molecular complexity index is 1970. The van der Waals surface area contributed by atoms with E-state index in [0.717, 1.165) is 44.2 Å². The van der Waals surface area contributed by atoms with Gasteiger partial charge >= 0.3 is 0 Å². The molecule has 0 bridgehead atoms. The number of fused-ring (bicyclic) bond motifs is 1. The lowest BCUT2D eigenvalue weighted by Crippen LogP contribution is -2.32. The Balaban J connectivity index is 1.22. The molecular formula is C31H21ClF2N4O2S. The summed E-state index contributed by atoms with van der Waals surface area (Å²) in [5.74, 6) is -2.49. The maximum Gasteiger partial charge on any atom is 0.263 e. The summed E-state index contributed by atoms with van der Waals surface area (Å²) in [7, 11) is 0. The van der Waals surface area contributed by atoms with E-state index in [-0.39, 0.29) is 18.7 Å². The number of nitrogens with zero attached hydrogens (tertiary/aromatic N) is 3. The molecule has 10 heteroatoms. The van der Waals surface area contributed by atoms with Crippen LogP contribution in [0.1, 0.15) is 20.8 Å².